The number of anilines is 1. The van der Waals surface area contributed by atoms with Crippen LogP contribution in [0.25, 0.3) is 0 Å². The highest BCUT2D eigenvalue weighted by atomic mass is 19.1. The van der Waals surface area contributed by atoms with Gasteiger partial charge in [-0.3, -0.25) is 14.5 Å². The predicted molar refractivity (Wildman–Crippen MR) is 110 cm³/mol. The molecule has 2 fully saturated rings. The number of ether oxygens (including phenoxy) is 2. The minimum absolute atomic E-state index is 0.0555. The van der Waals surface area contributed by atoms with Gasteiger partial charge >= 0.3 is 6.09 Å². The topological polar surface area (TPSA) is 88.2 Å². The molecule has 166 valence electrons. The molecule has 1 unspecified atom stereocenters. The first-order valence-electron chi connectivity index (χ1n) is 10.3. The first kappa shape index (κ1) is 21.3. The molecule has 8 nitrogen and oxygen atoms in total. The Hall–Kier alpha value is -2.94. The normalized spacial score (nSPS) is 24.8. The van der Waals surface area contributed by atoms with Crippen molar-refractivity contribution in [2.45, 2.75) is 37.8 Å². The summed E-state index contributed by atoms with van der Waals surface area (Å²) in [6, 6.07) is 4.55. The zero-order valence-corrected chi connectivity index (χ0v) is 17.7. The molecule has 1 aromatic rings. The maximum absolute atomic E-state index is 14.8. The van der Waals surface area contributed by atoms with Crippen molar-refractivity contribution in [1.82, 2.24) is 10.2 Å². The molecule has 9 heteroatoms. The number of benzene rings is 1. The van der Waals surface area contributed by atoms with Crippen molar-refractivity contribution in [2.24, 2.45) is 0 Å². The summed E-state index contributed by atoms with van der Waals surface area (Å²) in [5.41, 5.74) is 1.34. The number of halogens is 1. The average molecular weight is 431 g/mol. The smallest absolute Gasteiger partial charge is 0.415 e. The van der Waals surface area contributed by atoms with Gasteiger partial charge in [0, 0.05) is 33.5 Å². The van der Waals surface area contributed by atoms with Crippen LogP contribution in [0.1, 0.15) is 25.3 Å². The number of carbonyl (C=O) groups excluding carboxylic acids is 3. The molecule has 2 aliphatic heterocycles. The zero-order valence-electron chi connectivity index (χ0n) is 17.7. The van der Waals surface area contributed by atoms with Crippen LogP contribution in [0.3, 0.4) is 0 Å². The number of rotatable bonds is 6. The number of hydrogen-bond donors (Lipinski definition) is 1. The van der Waals surface area contributed by atoms with Crippen LogP contribution >= 0.6 is 0 Å². The summed E-state index contributed by atoms with van der Waals surface area (Å²) in [6.45, 7) is 2.85. The van der Waals surface area contributed by atoms with Crippen LogP contribution in [0.2, 0.25) is 0 Å². The second-order valence-electron chi connectivity index (χ2n) is 8.31. The van der Waals surface area contributed by atoms with Crippen LogP contribution in [0.4, 0.5) is 14.9 Å². The summed E-state index contributed by atoms with van der Waals surface area (Å²) in [4.78, 5) is 38.6. The summed E-state index contributed by atoms with van der Waals surface area (Å²) < 4.78 is 25.2. The largest absolute Gasteiger partial charge is 0.438 e. The van der Waals surface area contributed by atoms with Crippen LogP contribution in [0, 0.1) is 5.82 Å². The van der Waals surface area contributed by atoms with Gasteiger partial charge in [0.15, 0.2) is 5.60 Å². The van der Waals surface area contributed by atoms with Crippen LogP contribution < -0.4 is 10.2 Å². The van der Waals surface area contributed by atoms with E-state index in [1.54, 1.807) is 17.0 Å². The maximum atomic E-state index is 14.8. The highest BCUT2D eigenvalue weighted by molar-refractivity contribution is 5.91. The van der Waals surface area contributed by atoms with Crippen molar-refractivity contribution >= 4 is 23.6 Å². The number of nitrogens with one attached hydrogen (secondary N) is 1. The molecule has 4 rings (SSSR count). The molecule has 2 heterocycles. The molecule has 1 spiro atoms. The van der Waals surface area contributed by atoms with E-state index in [1.807, 2.05) is 6.08 Å². The molecule has 0 aromatic heterocycles. The summed E-state index contributed by atoms with van der Waals surface area (Å²) in [6.07, 6.45) is 3.13. The lowest BCUT2D eigenvalue weighted by molar-refractivity contribution is -0.134. The third-order valence-corrected chi connectivity index (χ3v) is 6.03. The lowest BCUT2D eigenvalue weighted by Gasteiger charge is -2.26. The van der Waals surface area contributed by atoms with Crippen molar-refractivity contribution in [3.63, 3.8) is 0 Å². The van der Waals surface area contributed by atoms with E-state index in [9.17, 15) is 18.8 Å². The Morgan fingerprint density at radius 1 is 1.39 bits per heavy atom. The standard InChI is InChI=1S/C22H26FN3O5/c1-14(27)24-19-11-22(19)13-26(21(29)31-22)17-4-3-16(18(23)10-17)9-15-5-7-25(8-6-15)20(28)12-30-2/h3-5,10,19H,6-9,11-13H2,1-2H3,(H,24,27)/t19?,22-/m0/s1. The van der Waals surface area contributed by atoms with Crippen molar-refractivity contribution in [3.8, 4) is 0 Å². The fourth-order valence-electron chi connectivity index (χ4n) is 4.20. The van der Waals surface area contributed by atoms with E-state index >= 15 is 0 Å². The Morgan fingerprint density at radius 3 is 2.84 bits per heavy atom. The third-order valence-electron chi connectivity index (χ3n) is 6.03. The van der Waals surface area contributed by atoms with E-state index in [2.05, 4.69) is 5.32 Å². The predicted octanol–water partition coefficient (Wildman–Crippen LogP) is 1.78. The van der Waals surface area contributed by atoms with Gasteiger partial charge in [-0.05, 0) is 30.5 Å². The molecular weight excluding hydrogens is 405 g/mol. The molecule has 1 N–H and O–H groups in total. The summed E-state index contributed by atoms with van der Waals surface area (Å²) in [7, 11) is 1.49. The van der Waals surface area contributed by atoms with Gasteiger partial charge in [0.1, 0.15) is 12.4 Å². The Labute approximate surface area is 180 Å². The minimum atomic E-state index is -0.711. The van der Waals surface area contributed by atoms with Gasteiger partial charge in [0.05, 0.1) is 18.3 Å². The van der Waals surface area contributed by atoms with Gasteiger partial charge < -0.3 is 19.7 Å². The highest BCUT2D eigenvalue weighted by Crippen LogP contribution is 2.46. The third kappa shape index (κ3) is 4.41. The maximum Gasteiger partial charge on any atom is 0.415 e. The Kier molecular flexibility index (Phi) is 5.70. The van der Waals surface area contributed by atoms with E-state index < -0.39 is 11.7 Å². The van der Waals surface area contributed by atoms with Gasteiger partial charge in [0.25, 0.3) is 0 Å². The molecule has 1 aliphatic carbocycles. The second-order valence-corrected chi connectivity index (χ2v) is 8.31. The SMILES string of the molecule is COCC(=O)N1CC=C(Cc2ccc(N3C[C@]4(CC4NC(C)=O)OC3=O)cc2F)CC1. The van der Waals surface area contributed by atoms with Crippen molar-refractivity contribution in [3.05, 3.63) is 41.2 Å². The van der Waals surface area contributed by atoms with E-state index in [0.29, 0.717) is 43.6 Å². The summed E-state index contributed by atoms with van der Waals surface area (Å²) in [5, 5.41) is 2.77. The van der Waals surface area contributed by atoms with Gasteiger partial charge in [-0.1, -0.05) is 17.7 Å². The number of amides is 3. The van der Waals surface area contributed by atoms with Crippen molar-refractivity contribution in [1.29, 1.82) is 0 Å². The molecule has 3 aliphatic rings. The molecule has 1 aromatic carbocycles. The minimum Gasteiger partial charge on any atom is -0.438 e. The molecule has 0 bridgehead atoms. The van der Waals surface area contributed by atoms with Crippen molar-refractivity contribution < 1.29 is 28.2 Å². The van der Waals surface area contributed by atoms with Crippen LogP contribution in [-0.4, -0.2) is 67.8 Å². The summed E-state index contributed by atoms with van der Waals surface area (Å²) in [5.74, 6) is -0.616. The van der Waals surface area contributed by atoms with Gasteiger partial charge in [-0.2, -0.15) is 0 Å². The number of methoxy groups -OCH3 is 1. The van der Waals surface area contributed by atoms with E-state index in [1.165, 1.54) is 25.0 Å². The first-order chi connectivity index (χ1) is 14.8. The lowest BCUT2D eigenvalue weighted by Crippen LogP contribution is -2.37. The quantitative estimate of drug-likeness (QED) is 0.694. The van der Waals surface area contributed by atoms with Crippen LogP contribution in [0.15, 0.2) is 29.8 Å². The monoisotopic (exact) mass is 431 g/mol. The van der Waals surface area contributed by atoms with Gasteiger partial charge in [-0.25, -0.2) is 9.18 Å². The lowest BCUT2D eigenvalue weighted by atomic mass is 9.98. The molecule has 31 heavy (non-hydrogen) atoms. The number of nitrogens with zero attached hydrogens (tertiary/aromatic N) is 2. The molecule has 3 amide bonds. The summed E-state index contributed by atoms with van der Waals surface area (Å²) >= 11 is 0. The van der Waals surface area contributed by atoms with Gasteiger partial charge in [0.2, 0.25) is 11.8 Å². The fraction of sp³-hybridized carbons (Fsp3) is 0.500. The molecular formula is C22H26FN3O5. The average Bonchev–Trinajstić information content (AvgIpc) is 3.25. The number of carbonyl (C=O) groups is 3. The van der Waals surface area contributed by atoms with Crippen LogP contribution in [-0.2, 0) is 25.5 Å². The number of hydrogen-bond acceptors (Lipinski definition) is 5. The van der Waals surface area contributed by atoms with Crippen molar-refractivity contribution in [2.75, 3.05) is 38.3 Å². The Bertz CT molecular complexity index is 949. The Balaban J connectivity index is 1.39. The Morgan fingerprint density at radius 2 is 2.19 bits per heavy atom. The van der Waals surface area contributed by atoms with Crippen LogP contribution in [0.5, 0.6) is 0 Å². The molecule has 1 saturated carbocycles. The first-order valence-corrected chi connectivity index (χ1v) is 10.3. The van der Waals surface area contributed by atoms with Gasteiger partial charge in [-0.15, -0.1) is 0 Å². The fourth-order valence-corrected chi connectivity index (χ4v) is 4.20. The van der Waals surface area contributed by atoms with E-state index in [-0.39, 0.29) is 36.8 Å². The highest BCUT2D eigenvalue weighted by Gasteiger charge is 2.64. The zero-order chi connectivity index (χ0) is 22.2. The molecule has 2 atom stereocenters. The van der Waals surface area contributed by atoms with E-state index in [0.717, 1.165) is 5.57 Å². The second kappa shape index (κ2) is 8.30. The molecule has 1 saturated heterocycles. The molecule has 0 radical (unpaired) electrons. The van der Waals surface area contributed by atoms with E-state index in [4.69, 9.17) is 9.47 Å².